The molecule has 8 nitrogen and oxygen atoms in total. The van der Waals surface area contributed by atoms with E-state index in [1.807, 2.05) is 0 Å². The maximum absolute atomic E-state index is 11.8. The van der Waals surface area contributed by atoms with Crippen LogP contribution in [0.1, 0.15) is 30.6 Å². The third-order valence-corrected chi connectivity index (χ3v) is 2.62. The molecule has 0 spiro atoms. The van der Waals surface area contributed by atoms with Crippen molar-refractivity contribution >= 4 is 22.9 Å². The molecule has 1 aromatic rings. The van der Waals surface area contributed by atoms with Crippen molar-refractivity contribution in [2.45, 2.75) is 20.3 Å². The van der Waals surface area contributed by atoms with Crippen molar-refractivity contribution in [3.05, 3.63) is 44.0 Å². The molecule has 0 aliphatic rings. The van der Waals surface area contributed by atoms with E-state index < -0.39 is 33.4 Å². The van der Waals surface area contributed by atoms with Gasteiger partial charge in [0.2, 0.25) is 0 Å². The van der Waals surface area contributed by atoms with Gasteiger partial charge in [0.25, 0.3) is 11.4 Å². The Balaban J connectivity index is 3.17. The maximum atomic E-state index is 11.8. The van der Waals surface area contributed by atoms with Gasteiger partial charge < -0.3 is 0 Å². The number of nitro benzene ring substituents is 2. The second kappa shape index (κ2) is 6.00. The van der Waals surface area contributed by atoms with Crippen molar-refractivity contribution in [1.29, 1.82) is 0 Å². The van der Waals surface area contributed by atoms with Gasteiger partial charge in [-0.2, -0.15) is 0 Å². The number of carbonyl (C=O) groups excluding carboxylic acids is 2. The molecule has 0 aliphatic heterocycles. The average Bonchev–Trinajstić information content (AvgIpc) is 2.37. The van der Waals surface area contributed by atoms with Gasteiger partial charge in [-0.15, -0.1) is 0 Å². The van der Waals surface area contributed by atoms with Gasteiger partial charge in [-0.05, 0) is 0 Å². The lowest BCUT2D eigenvalue weighted by molar-refractivity contribution is -0.394. The Bertz CT molecular complexity index is 561. The largest absolute Gasteiger partial charge is 0.299 e. The van der Waals surface area contributed by atoms with E-state index in [2.05, 4.69) is 0 Å². The van der Waals surface area contributed by atoms with Crippen LogP contribution >= 0.6 is 0 Å². The lowest BCUT2D eigenvalue weighted by Crippen LogP contribution is -2.13. The van der Waals surface area contributed by atoms with Gasteiger partial charge in [-0.1, -0.05) is 13.8 Å². The van der Waals surface area contributed by atoms with Crippen molar-refractivity contribution in [1.82, 2.24) is 0 Å². The molecule has 0 N–H and O–H groups in total. The Labute approximate surface area is 113 Å². The van der Waals surface area contributed by atoms with E-state index in [1.54, 1.807) is 13.8 Å². The Kier molecular flexibility index (Phi) is 4.63. The van der Waals surface area contributed by atoms with Crippen molar-refractivity contribution in [3.63, 3.8) is 0 Å². The second-order valence-corrected chi connectivity index (χ2v) is 4.47. The molecule has 0 aromatic heterocycles. The summed E-state index contributed by atoms with van der Waals surface area (Å²) < 4.78 is 0. The normalized spacial score (nSPS) is 10.3. The first kappa shape index (κ1) is 15.4. The maximum Gasteiger partial charge on any atom is 0.277 e. The van der Waals surface area contributed by atoms with E-state index in [1.165, 1.54) is 0 Å². The van der Waals surface area contributed by atoms with Gasteiger partial charge in [-0.3, -0.25) is 29.8 Å². The minimum atomic E-state index is -0.825. The third-order valence-electron chi connectivity index (χ3n) is 2.62. The second-order valence-electron chi connectivity index (χ2n) is 4.47. The summed E-state index contributed by atoms with van der Waals surface area (Å²) in [5, 5.41) is 21.4. The zero-order valence-electron chi connectivity index (χ0n) is 10.9. The molecule has 0 saturated carbocycles. The lowest BCUT2D eigenvalue weighted by Gasteiger charge is -2.04. The number of rotatable bonds is 6. The number of benzene rings is 1. The van der Waals surface area contributed by atoms with Gasteiger partial charge in [0, 0.05) is 23.6 Å². The molecule has 0 fully saturated rings. The molecule has 0 aliphatic carbocycles. The SMILES string of the molecule is CC(C)C(=O)CC(=O)c1cc([N+](=O)[O-])cc([N+](=O)[O-])c1. The molecule has 0 bridgehead atoms. The highest BCUT2D eigenvalue weighted by Gasteiger charge is 2.21. The molecule has 0 atom stereocenters. The van der Waals surface area contributed by atoms with E-state index in [-0.39, 0.29) is 17.3 Å². The molecule has 0 amide bonds. The van der Waals surface area contributed by atoms with Crippen molar-refractivity contribution in [3.8, 4) is 0 Å². The van der Waals surface area contributed by atoms with Gasteiger partial charge in [-0.25, -0.2) is 0 Å². The third kappa shape index (κ3) is 3.67. The molecular weight excluding hydrogens is 268 g/mol. The van der Waals surface area contributed by atoms with Gasteiger partial charge in [0.1, 0.15) is 5.78 Å². The summed E-state index contributed by atoms with van der Waals surface area (Å²) in [4.78, 5) is 43.0. The van der Waals surface area contributed by atoms with E-state index in [0.717, 1.165) is 18.2 Å². The van der Waals surface area contributed by atoms with Crippen LogP contribution in [0.5, 0.6) is 0 Å². The van der Waals surface area contributed by atoms with Crippen LogP contribution in [0.15, 0.2) is 18.2 Å². The molecule has 8 heteroatoms. The highest BCUT2D eigenvalue weighted by atomic mass is 16.6. The van der Waals surface area contributed by atoms with E-state index >= 15 is 0 Å². The Morgan fingerprint density at radius 2 is 1.50 bits per heavy atom. The summed E-state index contributed by atoms with van der Waals surface area (Å²) in [5.41, 5.74) is -1.32. The number of nitro groups is 2. The Hall–Kier alpha value is -2.64. The Morgan fingerprint density at radius 3 is 1.85 bits per heavy atom. The van der Waals surface area contributed by atoms with Crippen LogP contribution in [0.2, 0.25) is 0 Å². The van der Waals surface area contributed by atoms with Gasteiger partial charge in [0.15, 0.2) is 5.78 Å². The fourth-order valence-corrected chi connectivity index (χ4v) is 1.43. The standard InChI is InChI=1S/C12H12N2O6/c1-7(2)11(15)6-12(16)8-3-9(13(17)18)5-10(4-8)14(19)20/h3-5,7H,6H2,1-2H3. The van der Waals surface area contributed by atoms with Crippen molar-refractivity contribution in [2.75, 3.05) is 0 Å². The summed E-state index contributed by atoms with van der Waals surface area (Å²) in [6, 6.07) is 2.63. The van der Waals surface area contributed by atoms with Crippen molar-refractivity contribution in [2.24, 2.45) is 5.92 Å². The summed E-state index contributed by atoms with van der Waals surface area (Å²) in [7, 11) is 0. The van der Waals surface area contributed by atoms with Crippen LogP contribution in [0.25, 0.3) is 0 Å². The summed E-state index contributed by atoms with van der Waals surface area (Å²) in [5.74, 6) is -1.35. The smallest absolute Gasteiger partial charge is 0.277 e. The van der Waals surface area contributed by atoms with Crippen LogP contribution in [0.4, 0.5) is 11.4 Å². The van der Waals surface area contributed by atoms with Crippen LogP contribution in [0.3, 0.4) is 0 Å². The minimum Gasteiger partial charge on any atom is -0.299 e. The number of hydrogen-bond donors (Lipinski definition) is 0. The van der Waals surface area contributed by atoms with Crippen LogP contribution in [-0.2, 0) is 4.79 Å². The molecule has 1 aromatic carbocycles. The fraction of sp³-hybridized carbons (Fsp3) is 0.333. The number of non-ortho nitro benzene ring substituents is 2. The fourth-order valence-electron chi connectivity index (χ4n) is 1.43. The average molecular weight is 280 g/mol. The molecule has 106 valence electrons. The molecule has 1 rings (SSSR count). The summed E-state index contributed by atoms with van der Waals surface area (Å²) in [6.45, 7) is 3.23. The van der Waals surface area contributed by atoms with Crippen LogP contribution in [-0.4, -0.2) is 21.4 Å². The quantitative estimate of drug-likeness (QED) is 0.341. The first-order valence-corrected chi connectivity index (χ1v) is 5.72. The number of hydrogen-bond acceptors (Lipinski definition) is 6. The van der Waals surface area contributed by atoms with Crippen molar-refractivity contribution < 1.29 is 19.4 Å². The monoisotopic (exact) mass is 280 g/mol. The summed E-state index contributed by atoms with van der Waals surface area (Å²) >= 11 is 0. The zero-order valence-corrected chi connectivity index (χ0v) is 10.9. The topological polar surface area (TPSA) is 120 Å². The first-order valence-electron chi connectivity index (χ1n) is 5.72. The molecule has 0 saturated heterocycles. The van der Waals surface area contributed by atoms with E-state index in [9.17, 15) is 29.8 Å². The molecule has 20 heavy (non-hydrogen) atoms. The lowest BCUT2D eigenvalue weighted by atomic mass is 9.99. The molecule has 0 unspecified atom stereocenters. The van der Waals surface area contributed by atoms with E-state index in [0.29, 0.717) is 0 Å². The van der Waals surface area contributed by atoms with E-state index in [4.69, 9.17) is 0 Å². The molecular formula is C12H12N2O6. The van der Waals surface area contributed by atoms with Crippen LogP contribution < -0.4 is 0 Å². The zero-order chi connectivity index (χ0) is 15.4. The molecule has 0 heterocycles. The predicted molar refractivity (Wildman–Crippen MR) is 68.5 cm³/mol. The molecule has 0 radical (unpaired) electrons. The van der Waals surface area contributed by atoms with Gasteiger partial charge >= 0.3 is 0 Å². The predicted octanol–water partition coefficient (Wildman–Crippen LogP) is 2.30. The minimum absolute atomic E-state index is 0.208. The number of nitrogens with zero attached hydrogens (tertiary/aromatic N) is 2. The summed E-state index contributed by atoms with van der Waals surface area (Å²) in [6.07, 6.45) is -0.435. The highest BCUT2D eigenvalue weighted by molar-refractivity contribution is 6.08. The van der Waals surface area contributed by atoms with Crippen LogP contribution in [0, 0.1) is 26.1 Å². The first-order chi connectivity index (χ1) is 9.22. The van der Waals surface area contributed by atoms with Gasteiger partial charge in [0.05, 0.1) is 22.3 Å². The number of Topliss-reactive ketones (excluding diaryl/α,β-unsaturated/α-hetero) is 2. The number of carbonyl (C=O) groups is 2. The highest BCUT2D eigenvalue weighted by Crippen LogP contribution is 2.23. The Morgan fingerprint density at radius 1 is 1.05 bits per heavy atom. The number of ketones is 2.